The van der Waals surface area contributed by atoms with Gasteiger partial charge in [-0.15, -0.1) is 12.3 Å². The zero-order chi connectivity index (χ0) is 16.4. The second-order valence-electron chi connectivity index (χ2n) is 5.87. The molecule has 0 spiro atoms. The fraction of sp³-hybridized carbons (Fsp3) is 0.533. The standard InChI is InChI=1S/C15H17N5O3/c1-2-3-5-15(18-19-15)6-4-13(23)20-8-10(9-20)14-16-11(21)7-12(22)17-14/h1,7,10H,3-6,8-9H2,(H2,16,17,21,22). The van der Waals surface area contributed by atoms with E-state index in [9.17, 15) is 14.7 Å². The molecule has 1 aromatic heterocycles. The van der Waals surface area contributed by atoms with Crippen molar-refractivity contribution in [1.82, 2.24) is 14.9 Å². The van der Waals surface area contributed by atoms with E-state index in [0.29, 0.717) is 44.6 Å². The average Bonchev–Trinajstić information content (AvgIpc) is 3.21. The third-order valence-electron chi connectivity index (χ3n) is 4.16. The molecule has 0 atom stereocenters. The van der Waals surface area contributed by atoms with Gasteiger partial charge in [-0.1, -0.05) is 0 Å². The lowest BCUT2D eigenvalue weighted by Crippen LogP contribution is -2.49. The van der Waals surface area contributed by atoms with E-state index in [-0.39, 0.29) is 17.7 Å². The minimum atomic E-state index is -0.440. The number of carbonyl (C=O) groups is 1. The molecule has 0 aromatic carbocycles. The van der Waals surface area contributed by atoms with E-state index in [0.717, 1.165) is 6.07 Å². The topological polar surface area (TPSA) is 111 Å². The number of nitrogens with one attached hydrogen (secondary N) is 1. The number of hydrogen-bond donors (Lipinski definition) is 2. The van der Waals surface area contributed by atoms with E-state index in [2.05, 4.69) is 26.1 Å². The van der Waals surface area contributed by atoms with Gasteiger partial charge < -0.3 is 15.0 Å². The summed E-state index contributed by atoms with van der Waals surface area (Å²) in [4.78, 5) is 31.6. The monoisotopic (exact) mass is 315 g/mol. The first kappa shape index (κ1) is 15.2. The Morgan fingerprint density at radius 2 is 2.22 bits per heavy atom. The lowest BCUT2D eigenvalue weighted by molar-refractivity contribution is -0.136. The molecular weight excluding hydrogens is 298 g/mol. The number of aromatic amines is 1. The number of hydrogen-bond acceptors (Lipinski definition) is 6. The molecule has 0 radical (unpaired) electrons. The van der Waals surface area contributed by atoms with E-state index >= 15 is 0 Å². The van der Waals surface area contributed by atoms with Gasteiger partial charge in [0, 0.05) is 38.8 Å². The Labute approximate surface area is 132 Å². The first-order chi connectivity index (χ1) is 11.0. The molecule has 1 amide bonds. The average molecular weight is 315 g/mol. The van der Waals surface area contributed by atoms with E-state index in [1.807, 2.05) is 0 Å². The molecule has 0 bridgehead atoms. The van der Waals surface area contributed by atoms with Crippen molar-refractivity contribution in [1.29, 1.82) is 0 Å². The molecule has 0 unspecified atom stereocenters. The molecule has 0 aliphatic carbocycles. The molecule has 8 heteroatoms. The van der Waals surface area contributed by atoms with E-state index < -0.39 is 11.2 Å². The number of aromatic nitrogens is 2. The summed E-state index contributed by atoms with van der Waals surface area (Å²) in [5.41, 5.74) is -0.839. The Hall–Kier alpha value is -2.69. The molecule has 1 saturated heterocycles. The molecule has 1 fully saturated rings. The summed E-state index contributed by atoms with van der Waals surface area (Å²) in [5, 5.41) is 17.4. The summed E-state index contributed by atoms with van der Waals surface area (Å²) < 4.78 is 0. The number of nitrogens with zero attached hydrogens (tertiary/aromatic N) is 4. The van der Waals surface area contributed by atoms with Crippen molar-refractivity contribution in [2.45, 2.75) is 37.3 Å². The van der Waals surface area contributed by atoms with Gasteiger partial charge in [0.05, 0.1) is 12.0 Å². The lowest BCUT2D eigenvalue weighted by Gasteiger charge is -2.38. The molecular formula is C15H17N5O3. The minimum absolute atomic E-state index is 0.0288. The van der Waals surface area contributed by atoms with Crippen LogP contribution < -0.4 is 5.56 Å². The third-order valence-corrected chi connectivity index (χ3v) is 4.16. The summed E-state index contributed by atoms with van der Waals surface area (Å²) in [7, 11) is 0. The number of aromatic hydroxyl groups is 1. The molecule has 120 valence electrons. The second kappa shape index (κ2) is 5.83. The summed E-state index contributed by atoms with van der Waals surface area (Å²) >= 11 is 0. The van der Waals surface area contributed by atoms with Gasteiger partial charge in [0.1, 0.15) is 5.82 Å². The van der Waals surface area contributed by atoms with Crippen LogP contribution in [0.3, 0.4) is 0 Å². The smallest absolute Gasteiger partial charge is 0.254 e. The summed E-state index contributed by atoms with van der Waals surface area (Å²) in [6.45, 7) is 0.966. The molecule has 2 N–H and O–H groups in total. The Kier molecular flexibility index (Phi) is 3.86. The maximum Gasteiger partial charge on any atom is 0.254 e. The minimum Gasteiger partial charge on any atom is -0.493 e. The molecule has 23 heavy (non-hydrogen) atoms. The highest BCUT2D eigenvalue weighted by Gasteiger charge is 2.41. The van der Waals surface area contributed by atoms with Crippen LogP contribution in [0.15, 0.2) is 21.1 Å². The SMILES string of the molecule is C#CCCC1(CCC(=O)N2CC(c3nc(O)cc(=O)[nH]3)C2)N=N1. The Bertz CT molecular complexity index is 736. The van der Waals surface area contributed by atoms with E-state index in [1.165, 1.54) is 0 Å². The van der Waals surface area contributed by atoms with E-state index in [1.54, 1.807) is 4.90 Å². The van der Waals surface area contributed by atoms with Gasteiger partial charge in [-0.05, 0) is 0 Å². The maximum atomic E-state index is 12.1. The Morgan fingerprint density at radius 1 is 1.48 bits per heavy atom. The zero-order valence-electron chi connectivity index (χ0n) is 12.5. The third kappa shape index (κ3) is 3.39. The number of rotatable bonds is 6. The van der Waals surface area contributed by atoms with Crippen LogP contribution in [-0.2, 0) is 4.79 Å². The zero-order valence-corrected chi connectivity index (χ0v) is 12.5. The molecule has 3 rings (SSSR count). The van der Waals surface area contributed by atoms with Crippen molar-refractivity contribution in [3.8, 4) is 18.2 Å². The normalized spacial score (nSPS) is 18.3. The van der Waals surface area contributed by atoms with Crippen molar-refractivity contribution in [3.63, 3.8) is 0 Å². The van der Waals surface area contributed by atoms with Gasteiger partial charge >= 0.3 is 0 Å². The van der Waals surface area contributed by atoms with Crippen LogP contribution in [0.5, 0.6) is 5.88 Å². The summed E-state index contributed by atoms with van der Waals surface area (Å²) in [5.74, 6) is 2.64. The van der Waals surface area contributed by atoms with Gasteiger partial charge in [-0.2, -0.15) is 15.2 Å². The Morgan fingerprint density at radius 3 is 2.83 bits per heavy atom. The molecule has 1 aromatic rings. The number of H-pyrrole nitrogens is 1. The van der Waals surface area contributed by atoms with Crippen LogP contribution in [0.25, 0.3) is 0 Å². The first-order valence-corrected chi connectivity index (χ1v) is 7.47. The molecule has 3 heterocycles. The van der Waals surface area contributed by atoms with Crippen LogP contribution in [0, 0.1) is 12.3 Å². The highest BCUT2D eigenvalue weighted by molar-refractivity contribution is 5.77. The van der Waals surface area contributed by atoms with Crippen LogP contribution in [0.2, 0.25) is 0 Å². The van der Waals surface area contributed by atoms with Crippen molar-refractivity contribution in [3.05, 3.63) is 22.2 Å². The fourth-order valence-corrected chi connectivity index (χ4v) is 2.65. The van der Waals surface area contributed by atoms with Gasteiger partial charge in [0.25, 0.3) is 5.56 Å². The lowest BCUT2D eigenvalue weighted by atomic mass is 9.96. The predicted octanol–water partition coefficient (Wildman–Crippen LogP) is 0.757. The fourth-order valence-electron chi connectivity index (χ4n) is 2.65. The molecule has 8 nitrogen and oxygen atoms in total. The summed E-state index contributed by atoms with van der Waals surface area (Å²) in [6, 6.07) is 1.02. The summed E-state index contributed by atoms with van der Waals surface area (Å²) in [6.07, 6.45) is 7.47. The second-order valence-corrected chi connectivity index (χ2v) is 5.87. The highest BCUT2D eigenvalue weighted by atomic mass is 16.3. The van der Waals surface area contributed by atoms with Gasteiger partial charge in [-0.25, -0.2) is 0 Å². The van der Waals surface area contributed by atoms with Crippen LogP contribution in [0.4, 0.5) is 0 Å². The number of terminal acetylenes is 1. The van der Waals surface area contributed by atoms with E-state index in [4.69, 9.17) is 6.42 Å². The van der Waals surface area contributed by atoms with Crippen LogP contribution >= 0.6 is 0 Å². The number of likely N-dealkylation sites (tertiary alicyclic amines) is 1. The van der Waals surface area contributed by atoms with Crippen LogP contribution in [0.1, 0.15) is 37.4 Å². The van der Waals surface area contributed by atoms with Crippen molar-refractivity contribution < 1.29 is 9.90 Å². The van der Waals surface area contributed by atoms with Crippen LogP contribution in [-0.4, -0.2) is 44.6 Å². The van der Waals surface area contributed by atoms with Gasteiger partial charge in [0.15, 0.2) is 5.66 Å². The molecule has 2 aliphatic heterocycles. The maximum absolute atomic E-state index is 12.1. The molecule has 2 aliphatic rings. The molecule has 0 saturated carbocycles. The van der Waals surface area contributed by atoms with Crippen molar-refractivity contribution in [2.75, 3.05) is 13.1 Å². The largest absolute Gasteiger partial charge is 0.493 e. The predicted molar refractivity (Wildman–Crippen MR) is 80.7 cm³/mol. The highest BCUT2D eigenvalue weighted by Crippen LogP contribution is 2.38. The van der Waals surface area contributed by atoms with Gasteiger partial charge in [0.2, 0.25) is 11.8 Å². The van der Waals surface area contributed by atoms with Crippen molar-refractivity contribution in [2.24, 2.45) is 10.2 Å². The Balaban J connectivity index is 1.47. The quantitative estimate of drug-likeness (QED) is 0.755. The number of carbonyl (C=O) groups excluding carboxylic acids is 1. The first-order valence-electron chi connectivity index (χ1n) is 7.47. The van der Waals surface area contributed by atoms with Crippen molar-refractivity contribution >= 4 is 5.91 Å². The number of amides is 1. The van der Waals surface area contributed by atoms with Gasteiger partial charge in [-0.3, -0.25) is 9.59 Å².